The number of hydrogen-bond donors (Lipinski definition) is 2. The third-order valence-electron chi connectivity index (χ3n) is 3.63. The minimum Gasteiger partial charge on any atom is -0.355 e. The lowest BCUT2D eigenvalue weighted by molar-refractivity contribution is -0.113. The number of aromatic nitrogens is 4. The lowest BCUT2D eigenvalue weighted by Gasteiger charge is -2.07. The van der Waals surface area contributed by atoms with E-state index in [1.54, 1.807) is 31.3 Å². The summed E-state index contributed by atoms with van der Waals surface area (Å²) < 4.78 is 1.82. The van der Waals surface area contributed by atoms with E-state index < -0.39 is 0 Å². The van der Waals surface area contributed by atoms with E-state index >= 15 is 0 Å². The van der Waals surface area contributed by atoms with Crippen LogP contribution in [-0.4, -0.2) is 44.2 Å². The average Bonchev–Trinajstić information content (AvgIpc) is 3.02. The smallest absolute Gasteiger partial charge is 0.256 e. The first kappa shape index (κ1) is 17.9. The number of nitrogens with zero attached hydrogens (tertiary/aromatic N) is 4. The fourth-order valence-corrected chi connectivity index (χ4v) is 3.29. The van der Waals surface area contributed by atoms with E-state index in [-0.39, 0.29) is 17.6 Å². The van der Waals surface area contributed by atoms with Crippen molar-refractivity contribution < 1.29 is 9.59 Å². The Balaban J connectivity index is 1.67. The first-order chi connectivity index (χ1) is 12.5. The van der Waals surface area contributed by atoms with E-state index in [4.69, 9.17) is 0 Å². The van der Waals surface area contributed by atoms with Crippen molar-refractivity contribution in [2.75, 3.05) is 18.1 Å². The summed E-state index contributed by atoms with van der Waals surface area (Å²) in [5, 5.41) is 14.1. The van der Waals surface area contributed by atoms with Gasteiger partial charge in [-0.1, -0.05) is 17.8 Å². The third kappa shape index (κ3) is 3.83. The van der Waals surface area contributed by atoms with Gasteiger partial charge in [0.1, 0.15) is 0 Å². The molecule has 0 atom stereocenters. The minimum absolute atomic E-state index is 0.165. The monoisotopic (exact) mass is 370 g/mol. The molecule has 0 bridgehead atoms. The molecule has 0 unspecified atom stereocenters. The zero-order valence-electron chi connectivity index (χ0n) is 14.6. The molecule has 2 amide bonds. The topological polar surface area (TPSA) is 101 Å². The van der Waals surface area contributed by atoms with E-state index in [1.165, 1.54) is 11.8 Å². The molecule has 9 heteroatoms. The summed E-state index contributed by atoms with van der Waals surface area (Å²) >= 11 is 1.28. The number of nitrogens with one attached hydrogen (secondary N) is 2. The highest BCUT2D eigenvalue weighted by Crippen LogP contribution is 2.19. The Morgan fingerprint density at radius 3 is 2.77 bits per heavy atom. The van der Waals surface area contributed by atoms with Gasteiger partial charge in [-0.2, -0.15) is 0 Å². The van der Waals surface area contributed by atoms with Crippen LogP contribution in [0.4, 0.5) is 5.69 Å². The van der Waals surface area contributed by atoms with Crippen LogP contribution in [0.3, 0.4) is 0 Å². The molecule has 0 fully saturated rings. The number of anilines is 1. The zero-order valence-corrected chi connectivity index (χ0v) is 15.4. The van der Waals surface area contributed by atoms with Gasteiger partial charge in [-0.15, -0.1) is 10.2 Å². The van der Waals surface area contributed by atoms with E-state index in [2.05, 4.69) is 25.8 Å². The average molecular weight is 370 g/mol. The van der Waals surface area contributed by atoms with Crippen LogP contribution in [0.5, 0.6) is 0 Å². The second-order valence-electron chi connectivity index (χ2n) is 5.65. The van der Waals surface area contributed by atoms with Crippen molar-refractivity contribution in [3.05, 3.63) is 47.3 Å². The van der Waals surface area contributed by atoms with Gasteiger partial charge in [0.05, 0.1) is 5.75 Å². The van der Waals surface area contributed by atoms with E-state index in [9.17, 15) is 9.59 Å². The van der Waals surface area contributed by atoms with Crippen molar-refractivity contribution in [1.29, 1.82) is 0 Å². The highest BCUT2D eigenvalue weighted by molar-refractivity contribution is 7.99. The number of carbonyl (C=O) groups excluding carboxylic acids is 2. The van der Waals surface area contributed by atoms with Gasteiger partial charge in [-0.25, -0.2) is 4.98 Å². The van der Waals surface area contributed by atoms with Crippen LogP contribution in [0.1, 0.15) is 21.7 Å². The summed E-state index contributed by atoms with van der Waals surface area (Å²) in [4.78, 5) is 28.2. The van der Waals surface area contributed by atoms with Crippen molar-refractivity contribution in [1.82, 2.24) is 24.9 Å². The molecule has 1 aromatic carbocycles. The van der Waals surface area contributed by atoms with Crippen molar-refractivity contribution in [2.24, 2.45) is 0 Å². The Morgan fingerprint density at radius 1 is 1.19 bits per heavy atom. The van der Waals surface area contributed by atoms with E-state index in [0.717, 1.165) is 11.4 Å². The van der Waals surface area contributed by atoms with Crippen LogP contribution in [0.2, 0.25) is 0 Å². The van der Waals surface area contributed by atoms with E-state index in [1.807, 2.05) is 24.3 Å². The van der Waals surface area contributed by atoms with Gasteiger partial charge in [0.15, 0.2) is 5.16 Å². The quantitative estimate of drug-likeness (QED) is 0.665. The Morgan fingerprint density at radius 2 is 2.00 bits per heavy atom. The van der Waals surface area contributed by atoms with Gasteiger partial charge in [-0.05, 0) is 38.1 Å². The number of thioether (sulfide) groups is 1. The number of amides is 2. The Bertz CT molecular complexity index is 985. The first-order valence-corrected chi connectivity index (χ1v) is 8.90. The number of fused-ring (bicyclic) bond motifs is 1. The molecule has 8 nitrogen and oxygen atoms in total. The number of hydrogen-bond acceptors (Lipinski definition) is 6. The highest BCUT2D eigenvalue weighted by atomic mass is 32.2. The third-order valence-corrected chi connectivity index (χ3v) is 4.56. The molecule has 3 rings (SSSR count). The van der Waals surface area contributed by atoms with Gasteiger partial charge in [-0.3, -0.25) is 14.0 Å². The standard InChI is InChI=1S/C17H18N6O2S/c1-10-7-11(2)23-16(19-10)21-22-17(23)26-9-14(24)20-13-6-4-5-12(8-13)15(25)18-3/h4-8H,9H2,1-3H3,(H,18,25)(H,20,24). The fraction of sp³-hybridized carbons (Fsp3) is 0.235. The Kier molecular flexibility index (Phi) is 5.17. The van der Waals surface area contributed by atoms with Crippen LogP contribution in [0.25, 0.3) is 5.78 Å². The molecular weight excluding hydrogens is 352 g/mol. The van der Waals surface area contributed by atoms with Crippen LogP contribution in [0.15, 0.2) is 35.5 Å². The zero-order chi connectivity index (χ0) is 18.7. The maximum atomic E-state index is 12.2. The summed E-state index contributed by atoms with van der Waals surface area (Å²) in [6, 6.07) is 8.70. The molecule has 0 saturated carbocycles. The second kappa shape index (κ2) is 7.52. The van der Waals surface area contributed by atoms with Crippen LogP contribution in [-0.2, 0) is 4.79 Å². The highest BCUT2D eigenvalue weighted by Gasteiger charge is 2.13. The molecular formula is C17H18N6O2S. The maximum Gasteiger partial charge on any atom is 0.256 e. The van der Waals surface area contributed by atoms with E-state index in [0.29, 0.717) is 22.2 Å². The molecule has 2 heterocycles. The van der Waals surface area contributed by atoms with Crippen LogP contribution in [0, 0.1) is 13.8 Å². The summed E-state index contributed by atoms with van der Waals surface area (Å²) in [7, 11) is 1.56. The predicted octanol–water partition coefficient (Wildman–Crippen LogP) is 1.83. The van der Waals surface area contributed by atoms with Crippen molar-refractivity contribution in [2.45, 2.75) is 19.0 Å². The molecule has 0 aliphatic heterocycles. The Labute approximate surface area is 154 Å². The van der Waals surface area contributed by atoms with Gasteiger partial charge in [0.2, 0.25) is 5.91 Å². The largest absolute Gasteiger partial charge is 0.355 e. The predicted molar refractivity (Wildman–Crippen MR) is 99.4 cm³/mol. The summed E-state index contributed by atoms with van der Waals surface area (Å²) in [5.74, 6) is 0.282. The second-order valence-corrected chi connectivity index (χ2v) is 6.60. The van der Waals surface area contributed by atoms with Crippen LogP contribution >= 0.6 is 11.8 Å². The van der Waals surface area contributed by atoms with Crippen molar-refractivity contribution in [3.63, 3.8) is 0 Å². The normalized spacial score (nSPS) is 10.7. The van der Waals surface area contributed by atoms with Gasteiger partial charge < -0.3 is 10.6 Å². The molecule has 134 valence electrons. The molecule has 2 N–H and O–H groups in total. The number of aryl methyl sites for hydroxylation is 2. The maximum absolute atomic E-state index is 12.2. The van der Waals surface area contributed by atoms with Gasteiger partial charge >= 0.3 is 0 Å². The molecule has 26 heavy (non-hydrogen) atoms. The Hall–Kier alpha value is -2.94. The molecule has 0 radical (unpaired) electrons. The number of benzene rings is 1. The van der Waals surface area contributed by atoms with Gasteiger partial charge in [0.25, 0.3) is 11.7 Å². The summed E-state index contributed by atoms with van der Waals surface area (Å²) in [5.41, 5.74) is 2.88. The van der Waals surface area contributed by atoms with Crippen molar-refractivity contribution >= 4 is 35.0 Å². The molecule has 2 aromatic heterocycles. The minimum atomic E-state index is -0.205. The van der Waals surface area contributed by atoms with Gasteiger partial charge in [0, 0.05) is 29.7 Å². The number of rotatable bonds is 5. The lowest BCUT2D eigenvalue weighted by atomic mass is 10.2. The fourth-order valence-electron chi connectivity index (χ4n) is 2.50. The van der Waals surface area contributed by atoms with Crippen LogP contribution < -0.4 is 10.6 Å². The number of carbonyl (C=O) groups is 2. The van der Waals surface area contributed by atoms with Crippen molar-refractivity contribution in [3.8, 4) is 0 Å². The molecule has 0 aliphatic rings. The lowest BCUT2D eigenvalue weighted by Crippen LogP contribution is -2.19. The first-order valence-electron chi connectivity index (χ1n) is 7.92. The SMILES string of the molecule is CNC(=O)c1cccc(NC(=O)CSc2nnc3nc(C)cc(C)n23)c1. The molecule has 3 aromatic rings. The molecule has 0 aliphatic carbocycles. The molecule has 0 saturated heterocycles. The summed E-state index contributed by atoms with van der Waals surface area (Å²) in [6.45, 7) is 3.84. The summed E-state index contributed by atoms with van der Waals surface area (Å²) in [6.07, 6.45) is 0. The molecule has 0 spiro atoms.